The highest BCUT2D eigenvalue weighted by molar-refractivity contribution is 14.0. The largest absolute Gasteiger partial charge is 0.454 e. The molecular weight excluding hydrogens is 393 g/mol. The molecule has 122 valence electrons. The van der Waals surface area contributed by atoms with Gasteiger partial charge >= 0.3 is 0 Å². The summed E-state index contributed by atoms with van der Waals surface area (Å²) >= 11 is 0. The SMILES string of the molecule is CC1CCN(C(N)=NCCc2ccc3c(c2)OCO3)CC1.I. The van der Waals surface area contributed by atoms with Crippen molar-refractivity contribution in [3.63, 3.8) is 0 Å². The van der Waals surface area contributed by atoms with Gasteiger partial charge in [-0.15, -0.1) is 24.0 Å². The Labute approximate surface area is 148 Å². The fourth-order valence-corrected chi connectivity index (χ4v) is 2.73. The zero-order valence-electron chi connectivity index (χ0n) is 13.0. The monoisotopic (exact) mass is 417 g/mol. The molecule has 1 fully saturated rings. The highest BCUT2D eigenvalue weighted by Gasteiger charge is 2.17. The Balaban J connectivity index is 0.00000176. The Bertz CT molecular complexity index is 528. The lowest BCUT2D eigenvalue weighted by molar-refractivity contribution is 0.174. The van der Waals surface area contributed by atoms with E-state index in [1.807, 2.05) is 12.1 Å². The predicted octanol–water partition coefficient (Wildman–Crippen LogP) is 2.62. The molecule has 0 radical (unpaired) electrons. The van der Waals surface area contributed by atoms with Gasteiger partial charge in [-0.05, 0) is 42.9 Å². The number of halogens is 1. The molecule has 6 heteroatoms. The number of hydrogen-bond donors (Lipinski definition) is 1. The van der Waals surface area contributed by atoms with Gasteiger partial charge in [-0.25, -0.2) is 0 Å². The first-order valence-corrected chi connectivity index (χ1v) is 7.66. The van der Waals surface area contributed by atoms with E-state index in [0.717, 1.165) is 36.9 Å². The molecule has 0 aromatic heterocycles. The minimum absolute atomic E-state index is 0. The van der Waals surface area contributed by atoms with Crippen molar-refractivity contribution in [3.8, 4) is 11.5 Å². The average Bonchev–Trinajstić information content (AvgIpc) is 2.95. The van der Waals surface area contributed by atoms with Gasteiger partial charge in [-0.2, -0.15) is 0 Å². The van der Waals surface area contributed by atoms with Crippen LogP contribution in [0.2, 0.25) is 0 Å². The van der Waals surface area contributed by atoms with Crippen molar-refractivity contribution in [2.45, 2.75) is 26.2 Å². The van der Waals surface area contributed by atoms with Crippen LogP contribution in [0.1, 0.15) is 25.3 Å². The van der Waals surface area contributed by atoms with E-state index in [2.05, 4.69) is 22.9 Å². The third-order valence-corrected chi connectivity index (χ3v) is 4.22. The molecule has 2 aliphatic heterocycles. The molecule has 2 heterocycles. The first-order valence-electron chi connectivity index (χ1n) is 7.66. The second kappa shape index (κ2) is 7.89. The number of piperidine rings is 1. The summed E-state index contributed by atoms with van der Waals surface area (Å²) < 4.78 is 10.7. The molecule has 0 unspecified atom stereocenters. The number of fused-ring (bicyclic) bond motifs is 1. The van der Waals surface area contributed by atoms with Gasteiger partial charge in [-0.3, -0.25) is 4.99 Å². The molecule has 0 aliphatic carbocycles. The normalized spacial score (nSPS) is 18.2. The van der Waals surface area contributed by atoms with Crippen LogP contribution in [0.25, 0.3) is 0 Å². The molecule has 0 saturated carbocycles. The maximum absolute atomic E-state index is 6.08. The average molecular weight is 417 g/mol. The van der Waals surface area contributed by atoms with E-state index in [-0.39, 0.29) is 24.0 Å². The molecule has 22 heavy (non-hydrogen) atoms. The van der Waals surface area contributed by atoms with Gasteiger partial charge in [0.15, 0.2) is 17.5 Å². The van der Waals surface area contributed by atoms with Crippen molar-refractivity contribution < 1.29 is 9.47 Å². The number of likely N-dealkylation sites (tertiary alicyclic amines) is 1. The number of benzene rings is 1. The van der Waals surface area contributed by atoms with Crippen LogP contribution in [0.3, 0.4) is 0 Å². The highest BCUT2D eigenvalue weighted by atomic mass is 127. The smallest absolute Gasteiger partial charge is 0.231 e. The van der Waals surface area contributed by atoms with Crippen LogP contribution in [0, 0.1) is 5.92 Å². The standard InChI is InChI=1S/C16H23N3O2.HI/c1-12-5-8-19(9-6-12)16(17)18-7-4-13-2-3-14-15(10-13)21-11-20-14;/h2-3,10,12H,4-9,11H2,1H3,(H2,17,18);1H. The maximum atomic E-state index is 6.08. The number of nitrogens with two attached hydrogens (primary N) is 1. The summed E-state index contributed by atoms with van der Waals surface area (Å²) in [4.78, 5) is 6.70. The summed E-state index contributed by atoms with van der Waals surface area (Å²) in [6, 6.07) is 6.04. The minimum atomic E-state index is 0. The number of nitrogens with zero attached hydrogens (tertiary/aromatic N) is 2. The molecule has 1 saturated heterocycles. The summed E-state index contributed by atoms with van der Waals surface area (Å²) in [5.41, 5.74) is 7.28. The van der Waals surface area contributed by atoms with Crippen LogP contribution < -0.4 is 15.2 Å². The highest BCUT2D eigenvalue weighted by Crippen LogP contribution is 2.32. The molecule has 0 spiro atoms. The molecule has 0 bridgehead atoms. The molecule has 0 atom stereocenters. The zero-order chi connectivity index (χ0) is 14.7. The summed E-state index contributed by atoms with van der Waals surface area (Å²) in [5.74, 6) is 3.14. The number of guanidine groups is 1. The number of rotatable bonds is 3. The van der Waals surface area contributed by atoms with Crippen LogP contribution >= 0.6 is 24.0 Å². The second-order valence-electron chi connectivity index (χ2n) is 5.85. The molecule has 2 aliphatic rings. The van der Waals surface area contributed by atoms with Crippen molar-refractivity contribution in [1.29, 1.82) is 0 Å². The van der Waals surface area contributed by atoms with Gasteiger partial charge < -0.3 is 20.1 Å². The minimum Gasteiger partial charge on any atom is -0.454 e. The maximum Gasteiger partial charge on any atom is 0.231 e. The Kier molecular flexibility index (Phi) is 6.16. The molecule has 2 N–H and O–H groups in total. The number of aliphatic imine (C=N–C) groups is 1. The van der Waals surface area contributed by atoms with E-state index in [0.29, 0.717) is 19.3 Å². The third-order valence-electron chi connectivity index (χ3n) is 4.22. The Morgan fingerprint density at radius 1 is 1.27 bits per heavy atom. The van der Waals surface area contributed by atoms with Crippen molar-refractivity contribution in [1.82, 2.24) is 4.90 Å². The van der Waals surface area contributed by atoms with Crippen LogP contribution in [-0.2, 0) is 6.42 Å². The summed E-state index contributed by atoms with van der Waals surface area (Å²) in [6.45, 7) is 5.38. The molecule has 1 aromatic rings. The van der Waals surface area contributed by atoms with Crippen LogP contribution in [0.5, 0.6) is 11.5 Å². The summed E-state index contributed by atoms with van der Waals surface area (Å²) in [6.07, 6.45) is 3.28. The second-order valence-corrected chi connectivity index (χ2v) is 5.85. The molecule has 0 amide bonds. The lowest BCUT2D eigenvalue weighted by Crippen LogP contribution is -2.42. The fourth-order valence-electron chi connectivity index (χ4n) is 2.73. The summed E-state index contributed by atoms with van der Waals surface area (Å²) in [7, 11) is 0. The van der Waals surface area contributed by atoms with Crippen molar-refractivity contribution in [3.05, 3.63) is 23.8 Å². The van der Waals surface area contributed by atoms with Gasteiger partial charge in [0.05, 0.1) is 0 Å². The van der Waals surface area contributed by atoms with E-state index in [4.69, 9.17) is 15.2 Å². The van der Waals surface area contributed by atoms with Crippen molar-refractivity contribution in [2.75, 3.05) is 26.4 Å². The van der Waals surface area contributed by atoms with Crippen molar-refractivity contribution in [2.24, 2.45) is 16.6 Å². The third kappa shape index (κ3) is 4.18. The number of hydrogen-bond acceptors (Lipinski definition) is 3. The van der Waals surface area contributed by atoms with E-state index >= 15 is 0 Å². The van der Waals surface area contributed by atoms with Crippen molar-refractivity contribution >= 4 is 29.9 Å². The Morgan fingerprint density at radius 2 is 2.00 bits per heavy atom. The molecule has 5 nitrogen and oxygen atoms in total. The topological polar surface area (TPSA) is 60.1 Å². The van der Waals surface area contributed by atoms with Gasteiger partial charge in [0, 0.05) is 19.6 Å². The molecular formula is C16H24IN3O2. The lowest BCUT2D eigenvalue weighted by atomic mass is 10.00. The molecule has 1 aromatic carbocycles. The van der Waals surface area contributed by atoms with Gasteiger partial charge in [0.25, 0.3) is 0 Å². The van der Waals surface area contributed by atoms with Gasteiger partial charge in [0.1, 0.15) is 0 Å². The lowest BCUT2D eigenvalue weighted by Gasteiger charge is -2.31. The van der Waals surface area contributed by atoms with E-state index in [9.17, 15) is 0 Å². The van der Waals surface area contributed by atoms with Crippen LogP contribution in [-0.4, -0.2) is 37.3 Å². The quantitative estimate of drug-likeness (QED) is 0.467. The Morgan fingerprint density at radius 3 is 2.77 bits per heavy atom. The zero-order valence-corrected chi connectivity index (χ0v) is 15.3. The van der Waals surface area contributed by atoms with E-state index < -0.39 is 0 Å². The Hall–Kier alpha value is -1.18. The van der Waals surface area contributed by atoms with E-state index in [1.165, 1.54) is 18.4 Å². The predicted molar refractivity (Wildman–Crippen MR) is 98.1 cm³/mol. The van der Waals surface area contributed by atoms with Crippen LogP contribution in [0.4, 0.5) is 0 Å². The number of ether oxygens (including phenoxy) is 2. The summed E-state index contributed by atoms with van der Waals surface area (Å²) in [5, 5.41) is 0. The van der Waals surface area contributed by atoms with Crippen LogP contribution in [0.15, 0.2) is 23.2 Å². The van der Waals surface area contributed by atoms with Gasteiger partial charge in [-0.1, -0.05) is 13.0 Å². The first-order chi connectivity index (χ1) is 10.2. The first kappa shape index (κ1) is 17.2. The van der Waals surface area contributed by atoms with Gasteiger partial charge in [0.2, 0.25) is 6.79 Å². The molecule has 3 rings (SSSR count). The fraction of sp³-hybridized carbons (Fsp3) is 0.562. The van der Waals surface area contributed by atoms with E-state index in [1.54, 1.807) is 0 Å².